The van der Waals surface area contributed by atoms with Gasteiger partial charge in [-0.15, -0.1) is 0 Å². The van der Waals surface area contributed by atoms with E-state index >= 15 is 0 Å². The third-order valence-electron chi connectivity index (χ3n) is 3.65. The summed E-state index contributed by atoms with van der Waals surface area (Å²) >= 11 is 0. The molecule has 0 aliphatic carbocycles. The molecule has 0 aliphatic rings. The molecule has 1 amide bonds. The molecular formula is C19H17FN4O. The second-order valence-electron chi connectivity index (χ2n) is 5.39. The third-order valence-corrected chi connectivity index (χ3v) is 3.65. The van der Waals surface area contributed by atoms with Crippen molar-refractivity contribution in [1.29, 1.82) is 0 Å². The summed E-state index contributed by atoms with van der Waals surface area (Å²) in [6, 6.07) is 15.4. The Hall–Kier alpha value is -3.12. The molecule has 0 radical (unpaired) electrons. The van der Waals surface area contributed by atoms with Crippen LogP contribution < -0.4 is 11.1 Å². The first kappa shape index (κ1) is 16.7. The Morgan fingerprint density at radius 2 is 1.80 bits per heavy atom. The quantitative estimate of drug-likeness (QED) is 0.750. The Bertz CT molecular complexity index is 884. The number of para-hydroxylation sites is 1. The van der Waals surface area contributed by atoms with Crippen LogP contribution in [0.15, 0.2) is 60.8 Å². The molecule has 2 aromatic carbocycles. The van der Waals surface area contributed by atoms with Gasteiger partial charge in [-0.25, -0.2) is 14.4 Å². The summed E-state index contributed by atoms with van der Waals surface area (Å²) in [4.78, 5) is 21.3. The van der Waals surface area contributed by atoms with E-state index in [1.807, 2.05) is 30.3 Å². The van der Waals surface area contributed by atoms with Crippen molar-refractivity contribution in [3.05, 3.63) is 77.9 Å². The molecule has 0 saturated carbocycles. The number of anilines is 1. The van der Waals surface area contributed by atoms with Gasteiger partial charge in [-0.3, -0.25) is 4.79 Å². The van der Waals surface area contributed by atoms with Gasteiger partial charge >= 0.3 is 0 Å². The lowest BCUT2D eigenvalue weighted by molar-refractivity contribution is 0.102. The van der Waals surface area contributed by atoms with E-state index in [4.69, 9.17) is 5.73 Å². The lowest BCUT2D eigenvalue weighted by Gasteiger charge is -2.11. The standard InChI is InChI=1S/C19H17FN4O/c20-15-8-4-5-9-17(15)24-19(25)14-12-22-18(23-16(14)10-11-21)13-6-2-1-3-7-13/h1-9,12H,10-11,21H2,(H,24,25). The van der Waals surface area contributed by atoms with Crippen LogP contribution >= 0.6 is 0 Å². The highest BCUT2D eigenvalue weighted by atomic mass is 19.1. The number of benzene rings is 2. The fourth-order valence-corrected chi connectivity index (χ4v) is 2.41. The Labute approximate surface area is 144 Å². The van der Waals surface area contributed by atoms with Crippen molar-refractivity contribution in [2.45, 2.75) is 6.42 Å². The van der Waals surface area contributed by atoms with E-state index in [2.05, 4.69) is 15.3 Å². The smallest absolute Gasteiger partial charge is 0.259 e. The monoisotopic (exact) mass is 336 g/mol. The lowest BCUT2D eigenvalue weighted by Crippen LogP contribution is -2.18. The predicted octanol–water partition coefficient (Wildman–Crippen LogP) is 3.04. The summed E-state index contributed by atoms with van der Waals surface area (Å²) in [5, 5.41) is 2.55. The molecule has 3 N–H and O–H groups in total. The van der Waals surface area contributed by atoms with Gasteiger partial charge in [0.25, 0.3) is 5.91 Å². The fraction of sp³-hybridized carbons (Fsp3) is 0.105. The molecule has 0 fully saturated rings. The SMILES string of the molecule is NCCc1nc(-c2ccccc2)ncc1C(=O)Nc1ccccc1F. The number of rotatable bonds is 5. The minimum Gasteiger partial charge on any atom is -0.330 e. The summed E-state index contributed by atoms with van der Waals surface area (Å²) < 4.78 is 13.7. The van der Waals surface area contributed by atoms with Crippen LogP contribution in [0, 0.1) is 5.82 Å². The van der Waals surface area contributed by atoms with Crippen molar-refractivity contribution in [3.63, 3.8) is 0 Å². The zero-order valence-corrected chi connectivity index (χ0v) is 13.4. The topological polar surface area (TPSA) is 80.9 Å². The third kappa shape index (κ3) is 3.87. The Morgan fingerprint density at radius 3 is 2.52 bits per heavy atom. The number of hydrogen-bond acceptors (Lipinski definition) is 4. The van der Waals surface area contributed by atoms with Gasteiger partial charge in [0.15, 0.2) is 5.82 Å². The number of hydrogen-bond donors (Lipinski definition) is 2. The van der Waals surface area contributed by atoms with Crippen LogP contribution in [0.2, 0.25) is 0 Å². The van der Waals surface area contributed by atoms with Crippen molar-refractivity contribution in [2.24, 2.45) is 5.73 Å². The first-order valence-electron chi connectivity index (χ1n) is 7.86. The number of nitrogens with two attached hydrogens (primary N) is 1. The minimum absolute atomic E-state index is 0.110. The number of amides is 1. The molecule has 3 rings (SSSR count). The molecule has 0 saturated heterocycles. The molecule has 25 heavy (non-hydrogen) atoms. The van der Waals surface area contributed by atoms with Crippen LogP contribution in [-0.2, 0) is 6.42 Å². The number of aromatic nitrogens is 2. The minimum atomic E-state index is -0.502. The molecule has 6 heteroatoms. The lowest BCUT2D eigenvalue weighted by atomic mass is 10.1. The highest BCUT2D eigenvalue weighted by molar-refractivity contribution is 6.05. The highest BCUT2D eigenvalue weighted by Crippen LogP contribution is 2.18. The molecule has 0 atom stereocenters. The molecule has 1 aromatic heterocycles. The van der Waals surface area contributed by atoms with Gasteiger partial charge in [0, 0.05) is 18.2 Å². The van der Waals surface area contributed by atoms with Crippen molar-refractivity contribution >= 4 is 11.6 Å². The number of carbonyl (C=O) groups excluding carboxylic acids is 1. The molecular weight excluding hydrogens is 319 g/mol. The molecule has 126 valence electrons. The van der Waals surface area contributed by atoms with Gasteiger partial charge in [0.1, 0.15) is 5.82 Å². The van der Waals surface area contributed by atoms with Gasteiger partial charge < -0.3 is 11.1 Å². The van der Waals surface area contributed by atoms with Gasteiger partial charge in [-0.05, 0) is 18.7 Å². The molecule has 0 aliphatic heterocycles. The Balaban J connectivity index is 1.92. The summed E-state index contributed by atoms with van der Waals surface area (Å²) in [7, 11) is 0. The van der Waals surface area contributed by atoms with Crippen LogP contribution in [0.5, 0.6) is 0 Å². The number of nitrogens with zero attached hydrogens (tertiary/aromatic N) is 2. The van der Waals surface area contributed by atoms with Crippen LogP contribution in [0.4, 0.5) is 10.1 Å². The zero-order valence-electron chi connectivity index (χ0n) is 13.4. The summed E-state index contributed by atoms with van der Waals surface area (Å²) in [6.07, 6.45) is 1.87. The molecule has 1 heterocycles. The molecule has 5 nitrogen and oxygen atoms in total. The van der Waals surface area contributed by atoms with E-state index in [1.165, 1.54) is 18.3 Å². The maximum atomic E-state index is 13.7. The van der Waals surface area contributed by atoms with E-state index in [0.29, 0.717) is 24.5 Å². The van der Waals surface area contributed by atoms with E-state index < -0.39 is 11.7 Å². The highest BCUT2D eigenvalue weighted by Gasteiger charge is 2.16. The number of halogens is 1. The summed E-state index contributed by atoms with van der Waals surface area (Å²) in [5.41, 5.74) is 7.42. The fourth-order valence-electron chi connectivity index (χ4n) is 2.41. The van der Waals surface area contributed by atoms with Crippen molar-refractivity contribution in [1.82, 2.24) is 9.97 Å². The van der Waals surface area contributed by atoms with E-state index in [-0.39, 0.29) is 11.3 Å². The van der Waals surface area contributed by atoms with Gasteiger partial charge in [-0.2, -0.15) is 0 Å². The number of carbonyl (C=O) groups is 1. The molecule has 0 unspecified atom stereocenters. The maximum Gasteiger partial charge on any atom is 0.259 e. The number of nitrogens with one attached hydrogen (secondary N) is 1. The second-order valence-corrected chi connectivity index (χ2v) is 5.39. The van der Waals surface area contributed by atoms with Crippen molar-refractivity contribution in [3.8, 4) is 11.4 Å². The summed E-state index contributed by atoms with van der Waals surface area (Å²) in [6.45, 7) is 0.339. The summed E-state index contributed by atoms with van der Waals surface area (Å²) in [5.74, 6) is -0.447. The zero-order chi connectivity index (χ0) is 17.6. The van der Waals surface area contributed by atoms with Crippen LogP contribution in [0.25, 0.3) is 11.4 Å². The molecule has 3 aromatic rings. The Kier molecular flexibility index (Phi) is 5.11. The first-order valence-corrected chi connectivity index (χ1v) is 7.86. The molecule has 0 bridgehead atoms. The second kappa shape index (κ2) is 7.63. The van der Waals surface area contributed by atoms with Crippen molar-refractivity contribution in [2.75, 3.05) is 11.9 Å². The average Bonchev–Trinajstić information content (AvgIpc) is 2.64. The van der Waals surface area contributed by atoms with Crippen molar-refractivity contribution < 1.29 is 9.18 Å². The van der Waals surface area contributed by atoms with E-state index in [9.17, 15) is 9.18 Å². The van der Waals surface area contributed by atoms with Gasteiger partial charge in [0.05, 0.1) is 16.9 Å². The maximum absolute atomic E-state index is 13.7. The van der Waals surface area contributed by atoms with E-state index in [1.54, 1.807) is 12.1 Å². The largest absolute Gasteiger partial charge is 0.330 e. The van der Waals surface area contributed by atoms with Crippen LogP contribution in [0.3, 0.4) is 0 Å². The van der Waals surface area contributed by atoms with E-state index in [0.717, 1.165) is 5.56 Å². The van der Waals surface area contributed by atoms with Gasteiger partial charge in [-0.1, -0.05) is 42.5 Å². The average molecular weight is 336 g/mol. The first-order chi connectivity index (χ1) is 12.2. The molecule has 0 spiro atoms. The normalized spacial score (nSPS) is 10.5. The van der Waals surface area contributed by atoms with Gasteiger partial charge in [0.2, 0.25) is 0 Å². The van der Waals surface area contributed by atoms with Crippen LogP contribution in [-0.4, -0.2) is 22.4 Å². The predicted molar refractivity (Wildman–Crippen MR) is 94.6 cm³/mol. The Morgan fingerprint density at radius 1 is 1.08 bits per heavy atom. The van der Waals surface area contributed by atoms with Crippen LogP contribution in [0.1, 0.15) is 16.1 Å².